The number of hydrogen-bond donors (Lipinski definition) is 1. The number of rotatable bonds is 3. The third-order valence-electron chi connectivity index (χ3n) is 1.33. The molecular formula is C7H6ClFO3S. The predicted octanol–water partition coefficient (Wildman–Crippen LogP) is 2.13. The Morgan fingerprint density at radius 2 is 2.31 bits per heavy atom. The van der Waals surface area contributed by atoms with Gasteiger partial charge in [-0.2, -0.15) is 4.21 Å². The van der Waals surface area contributed by atoms with Crippen molar-refractivity contribution < 1.29 is 17.3 Å². The predicted molar refractivity (Wildman–Crippen MR) is 47.0 cm³/mol. The van der Waals surface area contributed by atoms with E-state index in [1.807, 2.05) is 0 Å². The fourth-order valence-corrected chi connectivity index (χ4v) is 1.14. The molecule has 0 aliphatic heterocycles. The van der Waals surface area contributed by atoms with E-state index >= 15 is 0 Å². The number of halogens is 2. The molecule has 3 nitrogen and oxygen atoms in total. The van der Waals surface area contributed by atoms with Crippen molar-refractivity contribution in [3.8, 4) is 0 Å². The van der Waals surface area contributed by atoms with Crippen LogP contribution >= 0.6 is 11.6 Å². The van der Waals surface area contributed by atoms with Crippen LogP contribution in [-0.4, -0.2) is 8.76 Å². The average Bonchev–Trinajstić information content (AvgIpc) is 2.02. The fourth-order valence-electron chi connectivity index (χ4n) is 0.753. The summed E-state index contributed by atoms with van der Waals surface area (Å²) in [5.74, 6) is -0.557. The lowest BCUT2D eigenvalue weighted by Crippen LogP contribution is -1.98. The lowest BCUT2D eigenvalue weighted by molar-refractivity contribution is 0.292. The van der Waals surface area contributed by atoms with Crippen molar-refractivity contribution in [2.45, 2.75) is 6.61 Å². The Labute approximate surface area is 82.0 Å². The topological polar surface area (TPSA) is 46.5 Å². The van der Waals surface area contributed by atoms with E-state index < -0.39 is 17.2 Å². The van der Waals surface area contributed by atoms with Crippen LogP contribution in [0.3, 0.4) is 0 Å². The lowest BCUT2D eigenvalue weighted by atomic mass is 10.2. The van der Waals surface area contributed by atoms with Gasteiger partial charge in [0, 0.05) is 10.6 Å². The van der Waals surface area contributed by atoms with E-state index in [0.29, 0.717) is 0 Å². The molecular weight excluding hydrogens is 219 g/mol. The highest BCUT2D eigenvalue weighted by Gasteiger charge is 2.04. The Kier molecular flexibility index (Phi) is 3.80. The summed E-state index contributed by atoms with van der Waals surface area (Å²) in [7, 11) is 0. The smallest absolute Gasteiger partial charge is 0.284 e. The van der Waals surface area contributed by atoms with Crippen LogP contribution in [0.4, 0.5) is 4.39 Å². The molecule has 0 bridgehead atoms. The van der Waals surface area contributed by atoms with Crippen molar-refractivity contribution in [3.05, 3.63) is 34.6 Å². The molecule has 1 rings (SSSR count). The zero-order chi connectivity index (χ0) is 9.84. The average molecular weight is 225 g/mol. The molecule has 0 aromatic heterocycles. The molecule has 13 heavy (non-hydrogen) atoms. The summed E-state index contributed by atoms with van der Waals surface area (Å²) in [6.07, 6.45) is 0. The van der Waals surface area contributed by atoms with Crippen LogP contribution in [-0.2, 0) is 22.2 Å². The Bertz CT molecular complexity index is 332. The molecule has 6 heteroatoms. The van der Waals surface area contributed by atoms with Gasteiger partial charge in [-0.25, -0.2) is 4.39 Å². The van der Waals surface area contributed by atoms with Gasteiger partial charge in [0.1, 0.15) is 5.82 Å². The van der Waals surface area contributed by atoms with Gasteiger partial charge in [-0.1, -0.05) is 17.7 Å². The van der Waals surface area contributed by atoms with E-state index in [-0.39, 0.29) is 17.2 Å². The monoisotopic (exact) mass is 224 g/mol. The van der Waals surface area contributed by atoms with Gasteiger partial charge in [0.05, 0.1) is 6.61 Å². The van der Waals surface area contributed by atoms with Crippen LogP contribution in [0.25, 0.3) is 0 Å². The Morgan fingerprint density at radius 1 is 1.62 bits per heavy atom. The molecule has 1 aromatic rings. The molecule has 0 aliphatic carbocycles. The summed E-state index contributed by atoms with van der Waals surface area (Å²) in [6.45, 7) is -0.258. The highest BCUT2D eigenvalue weighted by atomic mass is 35.5. The van der Waals surface area contributed by atoms with E-state index in [4.69, 9.17) is 16.2 Å². The molecule has 1 N–H and O–H groups in total. The summed E-state index contributed by atoms with van der Waals surface area (Å²) >= 11 is 3.11. The first-order valence-electron chi connectivity index (χ1n) is 3.27. The minimum atomic E-state index is -2.38. The molecule has 0 saturated carbocycles. The second-order valence-corrected chi connectivity index (χ2v) is 3.32. The summed E-state index contributed by atoms with van der Waals surface area (Å²) < 4.78 is 35.6. The maximum atomic E-state index is 13.0. The standard InChI is InChI=1S/C7H6ClFO3S/c8-6-2-1-5(7(9)3-6)4-12-13(10)11/h1-3H,4H2,(H,10,11). The van der Waals surface area contributed by atoms with Gasteiger partial charge in [-0.05, 0) is 12.1 Å². The Morgan fingerprint density at radius 3 is 2.85 bits per heavy atom. The third kappa shape index (κ3) is 3.40. The third-order valence-corrected chi connectivity index (χ3v) is 1.88. The molecule has 0 radical (unpaired) electrons. The molecule has 1 unspecified atom stereocenters. The lowest BCUT2D eigenvalue weighted by Gasteiger charge is -2.01. The SMILES string of the molecule is O=S(O)OCc1ccc(Cl)cc1F. The van der Waals surface area contributed by atoms with Crippen LogP contribution < -0.4 is 0 Å². The largest absolute Gasteiger partial charge is 0.302 e. The normalized spacial score (nSPS) is 12.8. The zero-order valence-electron chi connectivity index (χ0n) is 6.37. The second-order valence-electron chi connectivity index (χ2n) is 2.22. The first kappa shape index (κ1) is 10.6. The quantitative estimate of drug-likeness (QED) is 0.801. The number of benzene rings is 1. The fraction of sp³-hybridized carbons (Fsp3) is 0.143. The first-order valence-corrected chi connectivity index (χ1v) is 4.68. The molecule has 0 aliphatic rings. The van der Waals surface area contributed by atoms with Crippen molar-refractivity contribution >= 4 is 23.0 Å². The zero-order valence-corrected chi connectivity index (χ0v) is 7.94. The summed E-state index contributed by atoms with van der Waals surface area (Å²) in [5.41, 5.74) is 0.187. The van der Waals surface area contributed by atoms with Crippen LogP contribution in [0, 0.1) is 5.82 Å². The molecule has 0 saturated heterocycles. The van der Waals surface area contributed by atoms with E-state index in [9.17, 15) is 8.60 Å². The highest BCUT2D eigenvalue weighted by molar-refractivity contribution is 7.74. The second kappa shape index (κ2) is 4.66. The molecule has 1 aromatic carbocycles. The van der Waals surface area contributed by atoms with E-state index in [2.05, 4.69) is 4.18 Å². The molecule has 0 amide bonds. The van der Waals surface area contributed by atoms with Crippen molar-refractivity contribution in [2.24, 2.45) is 0 Å². The first-order chi connectivity index (χ1) is 6.09. The van der Waals surface area contributed by atoms with Crippen molar-refractivity contribution in [1.29, 1.82) is 0 Å². The minimum Gasteiger partial charge on any atom is -0.284 e. The van der Waals surface area contributed by atoms with Gasteiger partial charge < -0.3 is 0 Å². The van der Waals surface area contributed by atoms with Crippen LogP contribution in [0.5, 0.6) is 0 Å². The van der Waals surface area contributed by atoms with E-state index in [1.165, 1.54) is 12.1 Å². The Hall–Kier alpha value is -0.490. The maximum absolute atomic E-state index is 13.0. The van der Waals surface area contributed by atoms with Gasteiger partial charge in [0.2, 0.25) is 0 Å². The molecule has 1 atom stereocenters. The van der Waals surface area contributed by atoms with Gasteiger partial charge in [-0.15, -0.1) is 0 Å². The van der Waals surface area contributed by atoms with Crippen LogP contribution in [0.15, 0.2) is 18.2 Å². The maximum Gasteiger partial charge on any atom is 0.302 e. The van der Waals surface area contributed by atoms with Crippen molar-refractivity contribution in [1.82, 2.24) is 0 Å². The summed E-state index contributed by atoms with van der Waals surface area (Å²) in [4.78, 5) is 0. The van der Waals surface area contributed by atoms with Gasteiger partial charge in [0.15, 0.2) is 0 Å². The molecule has 0 heterocycles. The Balaban J connectivity index is 2.72. The highest BCUT2D eigenvalue weighted by Crippen LogP contribution is 2.15. The van der Waals surface area contributed by atoms with Crippen LogP contribution in [0.2, 0.25) is 5.02 Å². The van der Waals surface area contributed by atoms with Gasteiger partial charge in [-0.3, -0.25) is 8.74 Å². The van der Waals surface area contributed by atoms with E-state index in [1.54, 1.807) is 0 Å². The van der Waals surface area contributed by atoms with Gasteiger partial charge in [0.25, 0.3) is 0 Å². The van der Waals surface area contributed by atoms with Crippen molar-refractivity contribution in [3.63, 3.8) is 0 Å². The number of hydrogen-bond acceptors (Lipinski definition) is 2. The van der Waals surface area contributed by atoms with Gasteiger partial charge >= 0.3 is 11.4 Å². The van der Waals surface area contributed by atoms with Crippen LogP contribution in [0.1, 0.15) is 5.56 Å². The van der Waals surface area contributed by atoms with Crippen molar-refractivity contribution in [2.75, 3.05) is 0 Å². The summed E-state index contributed by atoms with van der Waals surface area (Å²) in [5, 5.41) is 0.270. The summed E-state index contributed by atoms with van der Waals surface area (Å²) in [6, 6.07) is 3.98. The molecule has 0 fully saturated rings. The minimum absolute atomic E-state index is 0.187. The molecule has 0 spiro atoms. The molecule has 72 valence electrons. The van der Waals surface area contributed by atoms with E-state index in [0.717, 1.165) is 6.07 Å².